The SMILES string of the molecule is COC(=O)C1=C(C)Nc2nc(=S)[nH]c(N)c2C1c1ccc(OCc2ccccc2)c(OC)c1. The van der Waals surface area contributed by atoms with Crippen molar-refractivity contribution in [2.75, 3.05) is 25.3 Å². The number of nitrogen functional groups attached to an aromatic ring is 1. The monoisotopic (exact) mass is 464 g/mol. The molecule has 0 spiro atoms. The Labute approximate surface area is 196 Å². The number of allylic oxidation sites excluding steroid dienone is 1. The van der Waals surface area contributed by atoms with Gasteiger partial charge in [0.15, 0.2) is 16.3 Å². The second-order valence-electron chi connectivity index (χ2n) is 7.49. The molecule has 0 saturated heterocycles. The van der Waals surface area contributed by atoms with E-state index in [2.05, 4.69) is 15.3 Å². The van der Waals surface area contributed by atoms with Gasteiger partial charge in [-0.3, -0.25) is 0 Å². The molecule has 33 heavy (non-hydrogen) atoms. The molecule has 1 atom stereocenters. The number of nitrogens with zero attached hydrogens (tertiary/aromatic N) is 1. The lowest BCUT2D eigenvalue weighted by Crippen LogP contribution is -2.26. The predicted octanol–water partition coefficient (Wildman–Crippen LogP) is 4.31. The quantitative estimate of drug-likeness (QED) is 0.365. The van der Waals surface area contributed by atoms with E-state index in [1.54, 1.807) is 14.0 Å². The van der Waals surface area contributed by atoms with Crippen LogP contribution in [0.2, 0.25) is 0 Å². The molecule has 9 heteroatoms. The highest BCUT2D eigenvalue weighted by atomic mass is 32.1. The number of fused-ring (bicyclic) bond motifs is 1. The van der Waals surface area contributed by atoms with Crippen molar-refractivity contribution in [1.29, 1.82) is 0 Å². The molecule has 2 aromatic carbocycles. The Morgan fingerprint density at radius 3 is 2.61 bits per heavy atom. The van der Waals surface area contributed by atoms with Gasteiger partial charge in [-0.1, -0.05) is 36.4 Å². The fraction of sp³-hybridized carbons (Fsp3) is 0.208. The van der Waals surface area contributed by atoms with Crippen molar-refractivity contribution in [2.45, 2.75) is 19.4 Å². The van der Waals surface area contributed by atoms with Crippen LogP contribution in [0.25, 0.3) is 0 Å². The number of carbonyl (C=O) groups is 1. The molecule has 1 aliphatic heterocycles. The Kier molecular flexibility index (Phi) is 6.32. The topological polar surface area (TPSA) is 111 Å². The number of nitrogens with two attached hydrogens (primary N) is 1. The number of hydrogen-bond donors (Lipinski definition) is 3. The summed E-state index contributed by atoms with van der Waals surface area (Å²) >= 11 is 5.18. The van der Waals surface area contributed by atoms with E-state index in [0.29, 0.717) is 46.6 Å². The normalized spacial score (nSPS) is 14.8. The lowest BCUT2D eigenvalue weighted by atomic mass is 9.82. The maximum Gasteiger partial charge on any atom is 0.336 e. The Hall–Kier alpha value is -3.85. The molecule has 8 nitrogen and oxygen atoms in total. The molecular weight excluding hydrogens is 440 g/mol. The Bertz CT molecular complexity index is 1290. The minimum absolute atomic E-state index is 0.244. The maximum absolute atomic E-state index is 12.8. The van der Waals surface area contributed by atoms with E-state index in [1.807, 2.05) is 48.5 Å². The van der Waals surface area contributed by atoms with E-state index in [0.717, 1.165) is 11.1 Å². The smallest absolute Gasteiger partial charge is 0.336 e. The highest BCUT2D eigenvalue weighted by Crippen LogP contribution is 2.45. The molecule has 2 heterocycles. The third-order valence-electron chi connectivity index (χ3n) is 5.45. The number of hydrogen-bond acceptors (Lipinski definition) is 8. The molecule has 170 valence electrons. The summed E-state index contributed by atoms with van der Waals surface area (Å²) in [6, 6.07) is 15.4. The van der Waals surface area contributed by atoms with Crippen LogP contribution in [0.1, 0.15) is 29.5 Å². The number of rotatable bonds is 6. The second-order valence-corrected chi connectivity index (χ2v) is 7.88. The van der Waals surface area contributed by atoms with E-state index in [4.69, 9.17) is 32.2 Å². The number of esters is 1. The van der Waals surface area contributed by atoms with Crippen LogP contribution < -0.4 is 20.5 Å². The summed E-state index contributed by atoms with van der Waals surface area (Å²) in [5.41, 5.74) is 9.73. The summed E-state index contributed by atoms with van der Waals surface area (Å²) < 4.78 is 16.9. The van der Waals surface area contributed by atoms with Crippen LogP contribution >= 0.6 is 12.2 Å². The van der Waals surface area contributed by atoms with Crippen LogP contribution in [-0.2, 0) is 16.1 Å². The molecule has 1 aromatic heterocycles. The van der Waals surface area contributed by atoms with Crippen LogP contribution in [0.4, 0.5) is 11.6 Å². The molecular formula is C24H24N4O4S. The van der Waals surface area contributed by atoms with Crippen LogP contribution in [0.3, 0.4) is 0 Å². The summed E-state index contributed by atoms with van der Waals surface area (Å²) in [6.07, 6.45) is 0. The van der Waals surface area contributed by atoms with Gasteiger partial charge in [0.1, 0.15) is 18.2 Å². The summed E-state index contributed by atoms with van der Waals surface area (Å²) in [5, 5.41) is 3.13. The highest BCUT2D eigenvalue weighted by Gasteiger charge is 2.36. The number of aromatic amines is 1. The number of anilines is 2. The number of benzene rings is 2. The number of nitrogens with one attached hydrogen (secondary N) is 2. The number of aromatic nitrogens is 2. The van der Waals surface area contributed by atoms with Gasteiger partial charge in [0.2, 0.25) is 0 Å². The van der Waals surface area contributed by atoms with Crippen LogP contribution in [0, 0.1) is 4.77 Å². The van der Waals surface area contributed by atoms with Gasteiger partial charge < -0.3 is 30.2 Å². The molecule has 1 unspecified atom stereocenters. The summed E-state index contributed by atoms with van der Waals surface area (Å²) in [5.74, 6) is 0.902. The predicted molar refractivity (Wildman–Crippen MR) is 128 cm³/mol. The van der Waals surface area contributed by atoms with E-state index in [1.165, 1.54) is 7.11 Å². The van der Waals surface area contributed by atoms with Gasteiger partial charge in [0.25, 0.3) is 0 Å². The first kappa shape index (κ1) is 22.3. The van der Waals surface area contributed by atoms with Crippen LogP contribution in [0.5, 0.6) is 11.5 Å². The van der Waals surface area contributed by atoms with Crippen molar-refractivity contribution < 1.29 is 19.0 Å². The van der Waals surface area contributed by atoms with Crippen LogP contribution in [-0.4, -0.2) is 30.2 Å². The number of carbonyl (C=O) groups excluding carboxylic acids is 1. The summed E-state index contributed by atoms with van der Waals surface area (Å²) in [7, 11) is 2.91. The van der Waals surface area contributed by atoms with Gasteiger partial charge >= 0.3 is 5.97 Å². The first-order chi connectivity index (χ1) is 15.9. The first-order valence-corrected chi connectivity index (χ1v) is 10.6. The zero-order valence-corrected chi connectivity index (χ0v) is 19.3. The third-order valence-corrected chi connectivity index (χ3v) is 5.64. The Morgan fingerprint density at radius 1 is 1.15 bits per heavy atom. The van der Waals surface area contributed by atoms with Gasteiger partial charge in [-0.25, -0.2) is 9.78 Å². The fourth-order valence-corrected chi connectivity index (χ4v) is 4.13. The van der Waals surface area contributed by atoms with Gasteiger partial charge in [-0.2, -0.15) is 0 Å². The minimum atomic E-state index is -0.551. The standard InChI is InChI=1S/C24H24N4O4S/c1-13-18(23(29)31-3)19(20-21(25)27-24(33)28-22(20)26-13)15-9-10-16(17(11-15)30-2)32-12-14-7-5-4-6-8-14/h4-11,19H,12H2,1-3H3,(H4,25,26,27,28,33). The molecule has 0 bridgehead atoms. The average molecular weight is 465 g/mol. The third kappa shape index (κ3) is 4.40. The number of H-pyrrole nitrogens is 1. The molecule has 0 fully saturated rings. The van der Waals surface area contributed by atoms with Crippen molar-refractivity contribution in [1.82, 2.24) is 9.97 Å². The van der Waals surface area contributed by atoms with E-state index >= 15 is 0 Å². The second kappa shape index (κ2) is 9.33. The van der Waals surface area contributed by atoms with Crippen molar-refractivity contribution >= 4 is 29.8 Å². The number of ether oxygens (including phenoxy) is 3. The van der Waals surface area contributed by atoms with Gasteiger partial charge in [0, 0.05) is 11.3 Å². The lowest BCUT2D eigenvalue weighted by molar-refractivity contribution is -0.136. The highest BCUT2D eigenvalue weighted by molar-refractivity contribution is 7.71. The summed E-state index contributed by atoms with van der Waals surface area (Å²) in [4.78, 5) is 20.0. The van der Waals surface area contributed by atoms with Crippen LogP contribution in [0.15, 0.2) is 59.8 Å². The van der Waals surface area contributed by atoms with Crippen molar-refractivity contribution in [3.8, 4) is 11.5 Å². The van der Waals surface area contributed by atoms with E-state index in [9.17, 15) is 4.79 Å². The molecule has 0 radical (unpaired) electrons. The molecule has 0 amide bonds. The molecule has 0 saturated carbocycles. The van der Waals surface area contributed by atoms with Gasteiger partial charge in [-0.15, -0.1) is 0 Å². The van der Waals surface area contributed by atoms with Gasteiger partial charge in [-0.05, 0) is 42.4 Å². The zero-order chi connectivity index (χ0) is 23.5. The first-order valence-electron chi connectivity index (χ1n) is 10.2. The van der Waals surface area contributed by atoms with Gasteiger partial charge in [0.05, 0.1) is 25.7 Å². The van der Waals surface area contributed by atoms with Crippen molar-refractivity contribution in [3.63, 3.8) is 0 Å². The number of methoxy groups -OCH3 is 2. The molecule has 0 aliphatic carbocycles. The average Bonchev–Trinajstić information content (AvgIpc) is 2.81. The molecule has 4 rings (SSSR count). The van der Waals surface area contributed by atoms with Crippen molar-refractivity contribution in [2.24, 2.45) is 0 Å². The minimum Gasteiger partial charge on any atom is -0.493 e. The fourth-order valence-electron chi connectivity index (χ4n) is 3.93. The van der Waals surface area contributed by atoms with E-state index < -0.39 is 11.9 Å². The maximum atomic E-state index is 12.8. The largest absolute Gasteiger partial charge is 0.493 e. The summed E-state index contributed by atoms with van der Waals surface area (Å²) in [6.45, 7) is 2.18. The molecule has 1 aliphatic rings. The lowest BCUT2D eigenvalue weighted by Gasteiger charge is -2.30. The Balaban J connectivity index is 1.79. The zero-order valence-electron chi connectivity index (χ0n) is 18.5. The molecule has 4 N–H and O–H groups in total. The van der Waals surface area contributed by atoms with Crippen molar-refractivity contribution in [3.05, 3.63) is 81.3 Å². The van der Waals surface area contributed by atoms with E-state index in [-0.39, 0.29) is 4.77 Å². The Morgan fingerprint density at radius 2 is 1.91 bits per heavy atom. The molecule has 3 aromatic rings.